The second-order valence-electron chi connectivity index (χ2n) is 5.56. The maximum absolute atomic E-state index is 11.9. The summed E-state index contributed by atoms with van der Waals surface area (Å²) in [6.07, 6.45) is 3.21. The molecule has 112 valence electrons. The van der Waals surface area contributed by atoms with Gasteiger partial charge in [-0.25, -0.2) is 4.79 Å². The zero-order valence-corrected chi connectivity index (χ0v) is 12.1. The van der Waals surface area contributed by atoms with Crippen LogP contribution in [0.25, 0.3) is 0 Å². The van der Waals surface area contributed by atoms with Gasteiger partial charge in [0.2, 0.25) is 0 Å². The highest BCUT2D eigenvalue weighted by Gasteiger charge is 2.13. The van der Waals surface area contributed by atoms with Gasteiger partial charge in [0, 0.05) is 31.9 Å². The molecule has 0 aliphatic carbocycles. The van der Waals surface area contributed by atoms with Crippen molar-refractivity contribution in [3.05, 3.63) is 26.9 Å². The minimum Gasteiger partial charge on any atom is -0.381 e. The first kappa shape index (κ1) is 14.8. The zero-order chi connectivity index (χ0) is 14.5. The molecule has 20 heavy (non-hydrogen) atoms. The fourth-order valence-corrected chi connectivity index (χ4v) is 2.53. The molecule has 1 aliphatic rings. The van der Waals surface area contributed by atoms with E-state index in [1.54, 1.807) is 0 Å². The summed E-state index contributed by atoms with van der Waals surface area (Å²) in [4.78, 5) is 26.4. The van der Waals surface area contributed by atoms with Crippen LogP contribution in [0, 0.1) is 5.92 Å². The van der Waals surface area contributed by atoms with Crippen LogP contribution < -0.4 is 16.6 Å². The minimum atomic E-state index is -0.360. The van der Waals surface area contributed by atoms with Crippen LogP contribution in [0.4, 0.5) is 5.82 Å². The van der Waals surface area contributed by atoms with E-state index in [0.717, 1.165) is 39.0 Å². The fourth-order valence-electron chi connectivity index (χ4n) is 2.53. The largest absolute Gasteiger partial charge is 0.381 e. The highest BCUT2D eigenvalue weighted by atomic mass is 16.5. The van der Waals surface area contributed by atoms with Gasteiger partial charge < -0.3 is 10.1 Å². The number of ether oxygens (including phenoxy) is 1. The lowest BCUT2D eigenvalue weighted by molar-refractivity contribution is 0.0649. The number of H-pyrrole nitrogens is 1. The SMILES string of the molecule is CC(C)n1c(=O)cc(NCCC2CCOCC2)[nH]c1=O. The van der Waals surface area contributed by atoms with E-state index in [4.69, 9.17) is 4.74 Å². The summed E-state index contributed by atoms with van der Waals surface area (Å²) in [6, 6.07) is 1.31. The molecule has 1 fully saturated rings. The average molecular weight is 281 g/mol. The van der Waals surface area contributed by atoms with Crippen molar-refractivity contribution in [3.8, 4) is 0 Å². The quantitative estimate of drug-likeness (QED) is 0.854. The lowest BCUT2D eigenvalue weighted by Crippen LogP contribution is -2.36. The van der Waals surface area contributed by atoms with Gasteiger partial charge in [-0.3, -0.25) is 14.3 Å². The van der Waals surface area contributed by atoms with Crippen molar-refractivity contribution in [1.82, 2.24) is 9.55 Å². The number of nitrogens with one attached hydrogen (secondary N) is 2. The summed E-state index contributed by atoms with van der Waals surface area (Å²) in [5.74, 6) is 1.17. The normalized spacial score (nSPS) is 16.6. The van der Waals surface area contributed by atoms with Crippen molar-refractivity contribution in [2.75, 3.05) is 25.1 Å². The molecule has 6 heteroatoms. The lowest BCUT2D eigenvalue weighted by Gasteiger charge is -2.22. The standard InChI is InChI=1S/C14H23N3O3/c1-10(2)17-13(18)9-12(16-14(17)19)15-6-3-11-4-7-20-8-5-11/h9-11,15H,3-8H2,1-2H3,(H,16,19). The first-order valence-corrected chi connectivity index (χ1v) is 7.25. The van der Waals surface area contributed by atoms with Gasteiger partial charge >= 0.3 is 5.69 Å². The van der Waals surface area contributed by atoms with Crippen LogP contribution in [-0.2, 0) is 4.74 Å². The van der Waals surface area contributed by atoms with Crippen LogP contribution in [-0.4, -0.2) is 29.3 Å². The van der Waals surface area contributed by atoms with Crippen LogP contribution in [0.2, 0.25) is 0 Å². The van der Waals surface area contributed by atoms with Gasteiger partial charge in [-0.15, -0.1) is 0 Å². The molecule has 0 bridgehead atoms. The van der Waals surface area contributed by atoms with Gasteiger partial charge in [0.25, 0.3) is 5.56 Å². The first-order chi connectivity index (χ1) is 9.58. The van der Waals surface area contributed by atoms with E-state index in [-0.39, 0.29) is 17.3 Å². The maximum Gasteiger partial charge on any atom is 0.330 e. The number of hydrogen-bond acceptors (Lipinski definition) is 4. The Balaban J connectivity index is 1.93. The van der Waals surface area contributed by atoms with Crippen molar-refractivity contribution in [2.24, 2.45) is 5.92 Å². The molecule has 0 aromatic carbocycles. The summed E-state index contributed by atoms with van der Waals surface area (Å²) < 4.78 is 6.53. The minimum absolute atomic E-state index is 0.137. The maximum atomic E-state index is 11.9. The summed E-state index contributed by atoms with van der Waals surface area (Å²) >= 11 is 0. The molecule has 2 heterocycles. The monoisotopic (exact) mass is 281 g/mol. The van der Waals surface area contributed by atoms with Crippen molar-refractivity contribution in [1.29, 1.82) is 0 Å². The zero-order valence-electron chi connectivity index (χ0n) is 12.1. The Morgan fingerprint density at radius 2 is 2.10 bits per heavy atom. The highest BCUT2D eigenvalue weighted by Crippen LogP contribution is 2.18. The van der Waals surface area contributed by atoms with Gasteiger partial charge in [0.1, 0.15) is 5.82 Å². The van der Waals surface area contributed by atoms with E-state index < -0.39 is 0 Å². The van der Waals surface area contributed by atoms with Crippen molar-refractivity contribution in [3.63, 3.8) is 0 Å². The molecule has 0 spiro atoms. The third-order valence-corrected chi connectivity index (χ3v) is 3.69. The van der Waals surface area contributed by atoms with Gasteiger partial charge in [0.15, 0.2) is 0 Å². The number of nitrogens with zero attached hydrogens (tertiary/aromatic N) is 1. The smallest absolute Gasteiger partial charge is 0.330 e. The Morgan fingerprint density at radius 3 is 2.70 bits per heavy atom. The lowest BCUT2D eigenvalue weighted by atomic mass is 9.97. The molecule has 1 saturated heterocycles. The number of rotatable bonds is 5. The van der Waals surface area contributed by atoms with E-state index in [0.29, 0.717) is 11.7 Å². The van der Waals surface area contributed by atoms with Crippen LogP contribution in [0.5, 0.6) is 0 Å². The molecule has 0 unspecified atom stereocenters. The van der Waals surface area contributed by atoms with Crippen molar-refractivity contribution in [2.45, 2.75) is 39.2 Å². The second-order valence-corrected chi connectivity index (χ2v) is 5.56. The van der Waals surface area contributed by atoms with E-state index in [9.17, 15) is 9.59 Å². The number of aromatic amines is 1. The molecule has 1 aromatic rings. The Bertz CT molecular complexity index is 510. The van der Waals surface area contributed by atoms with E-state index in [2.05, 4.69) is 10.3 Å². The molecule has 0 amide bonds. The molecule has 0 radical (unpaired) electrons. The van der Waals surface area contributed by atoms with Crippen molar-refractivity contribution >= 4 is 5.82 Å². The number of aromatic nitrogens is 2. The molecule has 2 N–H and O–H groups in total. The van der Waals surface area contributed by atoms with E-state index in [1.807, 2.05) is 13.8 Å². The predicted octanol–water partition coefficient (Wildman–Crippen LogP) is 1.35. The van der Waals surface area contributed by atoms with Crippen LogP contribution in [0.3, 0.4) is 0 Å². The third-order valence-electron chi connectivity index (χ3n) is 3.69. The Kier molecular flexibility index (Phi) is 5.00. The molecule has 0 atom stereocenters. The summed E-state index contributed by atoms with van der Waals surface area (Å²) in [5, 5.41) is 3.13. The van der Waals surface area contributed by atoms with Gasteiger partial charge in [-0.05, 0) is 39.0 Å². The van der Waals surface area contributed by atoms with E-state index >= 15 is 0 Å². The molecule has 1 aliphatic heterocycles. The average Bonchev–Trinajstić information content (AvgIpc) is 2.38. The predicted molar refractivity (Wildman–Crippen MR) is 78.4 cm³/mol. The number of anilines is 1. The molecule has 1 aromatic heterocycles. The Labute approximate surface area is 118 Å². The fraction of sp³-hybridized carbons (Fsp3) is 0.714. The summed E-state index contributed by atoms with van der Waals surface area (Å²) in [7, 11) is 0. The van der Waals surface area contributed by atoms with Gasteiger partial charge in [0.05, 0.1) is 0 Å². The van der Waals surface area contributed by atoms with Gasteiger partial charge in [-0.2, -0.15) is 0 Å². The summed E-state index contributed by atoms with van der Waals surface area (Å²) in [6.45, 7) is 6.06. The topological polar surface area (TPSA) is 76.1 Å². The first-order valence-electron chi connectivity index (χ1n) is 7.25. The molecule has 2 rings (SSSR count). The molecule has 6 nitrogen and oxygen atoms in total. The van der Waals surface area contributed by atoms with Crippen LogP contribution in [0.15, 0.2) is 15.7 Å². The van der Waals surface area contributed by atoms with E-state index in [1.165, 1.54) is 10.6 Å². The second kappa shape index (κ2) is 6.74. The van der Waals surface area contributed by atoms with Crippen LogP contribution >= 0.6 is 0 Å². The van der Waals surface area contributed by atoms with Gasteiger partial charge in [-0.1, -0.05) is 0 Å². The molecular weight excluding hydrogens is 258 g/mol. The van der Waals surface area contributed by atoms with Crippen molar-refractivity contribution < 1.29 is 4.74 Å². The third kappa shape index (κ3) is 3.72. The Morgan fingerprint density at radius 1 is 1.40 bits per heavy atom. The molecular formula is C14H23N3O3. The molecule has 0 saturated carbocycles. The summed E-state index contributed by atoms with van der Waals surface area (Å²) in [5.41, 5.74) is -0.626. The Hall–Kier alpha value is -1.56. The number of hydrogen-bond donors (Lipinski definition) is 2. The highest BCUT2D eigenvalue weighted by molar-refractivity contribution is 5.31. The van der Waals surface area contributed by atoms with Crippen LogP contribution in [0.1, 0.15) is 39.2 Å².